The molecule has 0 fully saturated rings. The molecule has 0 amide bonds. The highest BCUT2D eigenvalue weighted by Crippen LogP contribution is 2.25. The van der Waals surface area contributed by atoms with Crippen LogP contribution in [0.15, 0.2) is 59.1 Å². The Labute approximate surface area is 126 Å². The Kier molecular flexibility index (Phi) is 3.82. The number of hydrogen-bond donors (Lipinski definition) is 1. The summed E-state index contributed by atoms with van der Waals surface area (Å²) in [6.07, 6.45) is 0. The Hall–Kier alpha value is -3.15. The summed E-state index contributed by atoms with van der Waals surface area (Å²) in [7, 11) is 0. The van der Waals surface area contributed by atoms with Crippen LogP contribution in [0.1, 0.15) is 0 Å². The highest BCUT2D eigenvalue weighted by atomic mass is 16.5. The van der Waals surface area contributed by atoms with Crippen LogP contribution in [0, 0.1) is 0 Å². The van der Waals surface area contributed by atoms with Crippen LogP contribution in [-0.2, 0) is 4.79 Å². The van der Waals surface area contributed by atoms with Gasteiger partial charge in [-0.1, -0.05) is 41.6 Å². The molecule has 0 spiro atoms. The first-order valence-corrected chi connectivity index (χ1v) is 6.56. The van der Waals surface area contributed by atoms with E-state index in [-0.39, 0.29) is 0 Å². The molecule has 2 aromatic carbocycles. The van der Waals surface area contributed by atoms with Gasteiger partial charge in [-0.25, -0.2) is 4.79 Å². The minimum Gasteiger partial charge on any atom is -0.482 e. The standard InChI is InChI=1S/C16H12N2O4/c19-14(20)10-21-13-8-4-7-12(9-13)16-17-15(18-22-16)11-5-2-1-3-6-11/h1-9H,10H2,(H,19,20). The van der Waals surface area contributed by atoms with Crippen LogP contribution in [0.2, 0.25) is 0 Å². The van der Waals surface area contributed by atoms with Crippen LogP contribution in [0.4, 0.5) is 0 Å². The van der Waals surface area contributed by atoms with Gasteiger partial charge in [-0.2, -0.15) is 4.98 Å². The van der Waals surface area contributed by atoms with Gasteiger partial charge in [0.05, 0.1) is 0 Å². The molecule has 0 radical (unpaired) electrons. The second kappa shape index (κ2) is 6.09. The summed E-state index contributed by atoms with van der Waals surface area (Å²) in [5.41, 5.74) is 1.52. The minimum atomic E-state index is -1.03. The highest BCUT2D eigenvalue weighted by Gasteiger charge is 2.11. The number of carboxylic acid groups (broad SMARTS) is 1. The molecule has 1 N–H and O–H groups in total. The van der Waals surface area contributed by atoms with E-state index in [4.69, 9.17) is 14.4 Å². The summed E-state index contributed by atoms with van der Waals surface area (Å²) in [6.45, 7) is -0.400. The number of aromatic nitrogens is 2. The average molecular weight is 296 g/mol. The SMILES string of the molecule is O=C(O)COc1cccc(-c2nc(-c3ccccc3)no2)c1. The molecule has 6 heteroatoms. The lowest BCUT2D eigenvalue weighted by molar-refractivity contribution is -0.139. The first-order chi connectivity index (χ1) is 10.7. The van der Waals surface area contributed by atoms with E-state index in [0.29, 0.717) is 23.0 Å². The molecule has 0 aliphatic heterocycles. The fourth-order valence-corrected chi connectivity index (χ4v) is 1.91. The molecule has 22 heavy (non-hydrogen) atoms. The monoisotopic (exact) mass is 296 g/mol. The van der Waals surface area contributed by atoms with Crippen molar-refractivity contribution in [1.29, 1.82) is 0 Å². The summed E-state index contributed by atoms with van der Waals surface area (Å²) in [4.78, 5) is 14.9. The van der Waals surface area contributed by atoms with E-state index in [1.165, 1.54) is 0 Å². The molecule has 6 nitrogen and oxygen atoms in total. The zero-order chi connectivity index (χ0) is 15.4. The summed E-state index contributed by atoms with van der Waals surface area (Å²) in [6, 6.07) is 16.3. The topological polar surface area (TPSA) is 85.5 Å². The molecule has 0 saturated heterocycles. The van der Waals surface area contributed by atoms with Crippen LogP contribution in [0.3, 0.4) is 0 Å². The van der Waals surface area contributed by atoms with Gasteiger partial charge in [0, 0.05) is 11.1 Å². The van der Waals surface area contributed by atoms with Crippen LogP contribution in [0.25, 0.3) is 22.8 Å². The second-order valence-corrected chi connectivity index (χ2v) is 4.50. The van der Waals surface area contributed by atoms with Crippen molar-refractivity contribution in [2.45, 2.75) is 0 Å². The molecule has 0 aliphatic carbocycles. The maximum Gasteiger partial charge on any atom is 0.341 e. The fraction of sp³-hybridized carbons (Fsp3) is 0.0625. The molecule has 3 aromatic rings. The van der Waals surface area contributed by atoms with Gasteiger partial charge in [-0.15, -0.1) is 0 Å². The molecule has 3 rings (SSSR count). The summed E-state index contributed by atoms with van der Waals surface area (Å²) in [5.74, 6) is 0.237. The number of aliphatic carboxylic acids is 1. The van der Waals surface area contributed by atoms with Crippen molar-refractivity contribution in [3.63, 3.8) is 0 Å². The first kappa shape index (κ1) is 13.8. The van der Waals surface area contributed by atoms with Gasteiger partial charge in [0.2, 0.25) is 5.82 Å². The number of benzene rings is 2. The second-order valence-electron chi connectivity index (χ2n) is 4.50. The molecule has 1 aromatic heterocycles. The molecular weight excluding hydrogens is 284 g/mol. The smallest absolute Gasteiger partial charge is 0.341 e. The van der Waals surface area contributed by atoms with Gasteiger partial charge < -0.3 is 14.4 Å². The summed E-state index contributed by atoms with van der Waals surface area (Å²) >= 11 is 0. The van der Waals surface area contributed by atoms with Gasteiger partial charge >= 0.3 is 5.97 Å². The molecule has 110 valence electrons. The van der Waals surface area contributed by atoms with E-state index in [1.807, 2.05) is 30.3 Å². The van der Waals surface area contributed by atoms with E-state index in [9.17, 15) is 4.79 Å². The Morgan fingerprint density at radius 3 is 2.64 bits per heavy atom. The number of ether oxygens (including phenoxy) is 1. The van der Waals surface area contributed by atoms with Gasteiger partial charge in [0.1, 0.15) is 5.75 Å². The van der Waals surface area contributed by atoms with Gasteiger partial charge in [0.15, 0.2) is 6.61 Å². The van der Waals surface area contributed by atoms with Crippen LogP contribution < -0.4 is 4.74 Å². The number of carboxylic acids is 1. The lowest BCUT2D eigenvalue weighted by atomic mass is 10.2. The Balaban J connectivity index is 1.84. The van der Waals surface area contributed by atoms with Crippen molar-refractivity contribution in [3.05, 3.63) is 54.6 Å². The van der Waals surface area contributed by atoms with Crippen molar-refractivity contribution in [1.82, 2.24) is 10.1 Å². The number of rotatable bonds is 5. The zero-order valence-corrected chi connectivity index (χ0v) is 11.5. The zero-order valence-electron chi connectivity index (χ0n) is 11.5. The number of carbonyl (C=O) groups is 1. The Morgan fingerprint density at radius 1 is 1.09 bits per heavy atom. The van der Waals surface area contributed by atoms with Crippen molar-refractivity contribution >= 4 is 5.97 Å². The van der Waals surface area contributed by atoms with Gasteiger partial charge in [-0.05, 0) is 18.2 Å². The molecule has 0 bridgehead atoms. The highest BCUT2D eigenvalue weighted by molar-refractivity contribution is 5.68. The first-order valence-electron chi connectivity index (χ1n) is 6.56. The summed E-state index contributed by atoms with van der Waals surface area (Å²) < 4.78 is 10.4. The number of hydrogen-bond acceptors (Lipinski definition) is 5. The van der Waals surface area contributed by atoms with Crippen molar-refractivity contribution in [2.24, 2.45) is 0 Å². The third-order valence-corrected chi connectivity index (χ3v) is 2.90. The van der Waals surface area contributed by atoms with Crippen molar-refractivity contribution in [3.8, 4) is 28.6 Å². The average Bonchev–Trinajstić information content (AvgIpc) is 3.04. The van der Waals surface area contributed by atoms with Gasteiger partial charge in [0.25, 0.3) is 5.89 Å². The molecule has 0 unspecified atom stereocenters. The Morgan fingerprint density at radius 2 is 1.86 bits per heavy atom. The fourth-order valence-electron chi connectivity index (χ4n) is 1.91. The van der Waals surface area contributed by atoms with Crippen LogP contribution >= 0.6 is 0 Å². The molecule has 0 atom stereocenters. The quantitative estimate of drug-likeness (QED) is 0.779. The third-order valence-electron chi connectivity index (χ3n) is 2.90. The lowest BCUT2D eigenvalue weighted by Crippen LogP contribution is -2.09. The normalized spacial score (nSPS) is 10.4. The largest absolute Gasteiger partial charge is 0.482 e. The number of nitrogens with zero attached hydrogens (tertiary/aromatic N) is 2. The van der Waals surface area contributed by atoms with Crippen molar-refractivity contribution in [2.75, 3.05) is 6.61 Å². The third kappa shape index (κ3) is 3.12. The van der Waals surface area contributed by atoms with Crippen molar-refractivity contribution < 1.29 is 19.2 Å². The van der Waals surface area contributed by atoms with Crippen LogP contribution in [-0.4, -0.2) is 27.8 Å². The van der Waals surface area contributed by atoms with E-state index >= 15 is 0 Å². The van der Waals surface area contributed by atoms with E-state index in [0.717, 1.165) is 5.56 Å². The van der Waals surface area contributed by atoms with E-state index < -0.39 is 12.6 Å². The Bertz CT molecular complexity index is 784. The molecule has 0 aliphatic rings. The maximum absolute atomic E-state index is 10.5. The molecular formula is C16H12N2O4. The minimum absolute atomic E-state index is 0.347. The van der Waals surface area contributed by atoms with Gasteiger partial charge in [-0.3, -0.25) is 0 Å². The predicted octanol–water partition coefficient (Wildman–Crippen LogP) is 2.87. The molecule has 1 heterocycles. The molecule has 0 saturated carbocycles. The lowest BCUT2D eigenvalue weighted by Gasteiger charge is -2.03. The maximum atomic E-state index is 10.5. The summed E-state index contributed by atoms with van der Waals surface area (Å²) in [5, 5.41) is 12.6. The van der Waals surface area contributed by atoms with E-state index in [1.54, 1.807) is 24.3 Å². The van der Waals surface area contributed by atoms with Crippen LogP contribution in [0.5, 0.6) is 5.75 Å². The predicted molar refractivity (Wildman–Crippen MR) is 78.3 cm³/mol. The van der Waals surface area contributed by atoms with E-state index in [2.05, 4.69) is 10.1 Å².